The van der Waals surface area contributed by atoms with Crippen molar-refractivity contribution in [1.29, 1.82) is 0 Å². The number of halogens is 3. The van der Waals surface area contributed by atoms with Gasteiger partial charge in [0.15, 0.2) is 0 Å². The summed E-state index contributed by atoms with van der Waals surface area (Å²) in [5.41, 5.74) is -2.23. The molecule has 0 atom stereocenters. The lowest BCUT2D eigenvalue weighted by Crippen LogP contribution is -2.38. The van der Waals surface area contributed by atoms with Crippen LogP contribution >= 0.6 is 11.8 Å². The second-order valence-electron chi connectivity index (χ2n) is 2.61. The number of carbonyl (C=O) groups is 1. The smallest absolute Gasteiger partial charge is 0.286 e. The minimum absolute atomic E-state index is 0.600. The van der Waals surface area contributed by atoms with E-state index in [9.17, 15) is 18.0 Å². The molecule has 0 radical (unpaired) electrons. The molecule has 0 fully saturated rings. The van der Waals surface area contributed by atoms with Crippen molar-refractivity contribution in [3.05, 3.63) is 0 Å². The highest BCUT2D eigenvalue weighted by Crippen LogP contribution is 2.40. The fourth-order valence-electron chi connectivity index (χ4n) is 0.371. The van der Waals surface area contributed by atoms with Gasteiger partial charge in [-0.05, 0) is 20.1 Å². The van der Waals surface area contributed by atoms with Crippen LogP contribution in [-0.2, 0) is 4.79 Å². The molecular formula is C6H9F3OS. The van der Waals surface area contributed by atoms with Gasteiger partial charge in [-0.15, -0.1) is 0 Å². The lowest BCUT2D eigenvalue weighted by atomic mass is 9.95. The largest absolute Gasteiger partial charge is 0.401 e. The predicted molar refractivity (Wildman–Crippen MR) is 38.4 cm³/mol. The average Bonchev–Trinajstić information content (AvgIpc) is 1.83. The molecular weight excluding hydrogens is 177 g/mol. The summed E-state index contributed by atoms with van der Waals surface area (Å²) in [5, 5.41) is -0.856. The maximum Gasteiger partial charge on any atom is 0.401 e. The Labute approximate surface area is 67.3 Å². The minimum Gasteiger partial charge on any atom is -0.286 e. The molecule has 0 N–H and O–H groups in total. The number of carbonyl (C=O) groups excluding carboxylic acids is 1. The van der Waals surface area contributed by atoms with Crippen LogP contribution < -0.4 is 0 Å². The lowest BCUT2D eigenvalue weighted by Gasteiger charge is -2.24. The van der Waals surface area contributed by atoms with Gasteiger partial charge < -0.3 is 0 Å². The molecule has 0 aliphatic heterocycles. The predicted octanol–water partition coefficient (Wildman–Crippen LogP) is 2.46. The summed E-state index contributed by atoms with van der Waals surface area (Å²) in [4.78, 5) is 10.7. The highest BCUT2D eigenvalue weighted by atomic mass is 32.2. The third-order valence-electron chi connectivity index (χ3n) is 1.40. The second kappa shape index (κ2) is 3.05. The maximum absolute atomic E-state index is 12.0. The molecule has 0 aliphatic carbocycles. The van der Waals surface area contributed by atoms with Crippen LogP contribution in [0.1, 0.15) is 13.8 Å². The van der Waals surface area contributed by atoms with Crippen molar-refractivity contribution >= 4 is 16.9 Å². The van der Waals surface area contributed by atoms with Crippen molar-refractivity contribution in [1.82, 2.24) is 0 Å². The van der Waals surface area contributed by atoms with Crippen LogP contribution in [0.5, 0.6) is 0 Å². The van der Waals surface area contributed by atoms with Crippen LogP contribution in [0.25, 0.3) is 0 Å². The maximum atomic E-state index is 12.0. The summed E-state index contributed by atoms with van der Waals surface area (Å²) in [7, 11) is 0. The first-order chi connectivity index (χ1) is 4.73. The van der Waals surface area contributed by atoms with E-state index in [1.54, 1.807) is 0 Å². The van der Waals surface area contributed by atoms with Gasteiger partial charge in [-0.1, -0.05) is 11.8 Å². The van der Waals surface area contributed by atoms with Crippen molar-refractivity contribution < 1.29 is 18.0 Å². The third kappa shape index (κ3) is 2.12. The first-order valence-electron chi connectivity index (χ1n) is 2.88. The van der Waals surface area contributed by atoms with Gasteiger partial charge >= 0.3 is 6.18 Å². The van der Waals surface area contributed by atoms with E-state index in [2.05, 4.69) is 0 Å². The van der Waals surface area contributed by atoms with Crippen LogP contribution in [0.4, 0.5) is 13.2 Å². The van der Waals surface area contributed by atoms with Gasteiger partial charge in [0, 0.05) is 0 Å². The number of hydrogen-bond donors (Lipinski definition) is 0. The molecule has 0 bridgehead atoms. The van der Waals surface area contributed by atoms with Crippen LogP contribution in [0.3, 0.4) is 0 Å². The van der Waals surface area contributed by atoms with Crippen LogP contribution in [0.15, 0.2) is 0 Å². The first kappa shape index (κ1) is 10.8. The topological polar surface area (TPSA) is 17.1 Å². The fraction of sp³-hybridized carbons (Fsp3) is 0.833. The molecule has 0 aromatic heterocycles. The van der Waals surface area contributed by atoms with Crippen molar-refractivity contribution in [2.24, 2.45) is 5.41 Å². The summed E-state index contributed by atoms with van der Waals surface area (Å²) >= 11 is 0.600. The van der Waals surface area contributed by atoms with E-state index in [4.69, 9.17) is 0 Å². The number of alkyl halides is 3. The van der Waals surface area contributed by atoms with Crippen LogP contribution in [0, 0.1) is 5.41 Å². The van der Waals surface area contributed by atoms with E-state index >= 15 is 0 Å². The Morgan fingerprint density at radius 3 is 1.73 bits per heavy atom. The Balaban J connectivity index is 4.59. The number of thioether (sulfide) groups is 1. The van der Waals surface area contributed by atoms with Crippen LogP contribution in [0.2, 0.25) is 0 Å². The number of rotatable bonds is 1. The van der Waals surface area contributed by atoms with E-state index in [-0.39, 0.29) is 0 Å². The zero-order valence-corrected chi connectivity index (χ0v) is 7.27. The minimum atomic E-state index is -4.45. The van der Waals surface area contributed by atoms with E-state index in [1.165, 1.54) is 6.26 Å². The normalized spacial score (nSPS) is 13.3. The molecule has 0 unspecified atom stereocenters. The van der Waals surface area contributed by atoms with Gasteiger partial charge in [0.2, 0.25) is 5.12 Å². The van der Waals surface area contributed by atoms with Gasteiger partial charge in [0.05, 0.1) is 0 Å². The molecule has 0 aromatic carbocycles. The Hall–Kier alpha value is -0.190. The SMILES string of the molecule is CSC(=O)C(C)(C)C(F)(F)F. The fourth-order valence-corrected chi connectivity index (χ4v) is 0.997. The van der Waals surface area contributed by atoms with Gasteiger partial charge in [0.25, 0.3) is 0 Å². The summed E-state index contributed by atoms with van der Waals surface area (Å²) < 4.78 is 36.1. The molecule has 0 spiro atoms. The Morgan fingerprint density at radius 1 is 1.27 bits per heavy atom. The highest BCUT2D eigenvalue weighted by Gasteiger charge is 2.52. The van der Waals surface area contributed by atoms with Crippen molar-refractivity contribution in [2.45, 2.75) is 20.0 Å². The van der Waals surface area contributed by atoms with E-state index in [1.807, 2.05) is 0 Å². The molecule has 66 valence electrons. The second-order valence-corrected chi connectivity index (χ2v) is 3.39. The van der Waals surface area contributed by atoms with Gasteiger partial charge in [0.1, 0.15) is 5.41 Å². The van der Waals surface area contributed by atoms with Gasteiger partial charge in [-0.25, -0.2) is 0 Å². The zero-order chi connectivity index (χ0) is 9.28. The van der Waals surface area contributed by atoms with Crippen molar-refractivity contribution in [3.8, 4) is 0 Å². The molecule has 0 amide bonds. The monoisotopic (exact) mass is 186 g/mol. The molecule has 0 saturated carbocycles. The molecule has 1 nitrogen and oxygen atoms in total. The molecule has 0 aromatic rings. The molecule has 5 heteroatoms. The quantitative estimate of drug-likeness (QED) is 0.625. The molecule has 0 heterocycles. The summed E-state index contributed by atoms with van der Waals surface area (Å²) in [6, 6.07) is 0. The highest BCUT2D eigenvalue weighted by molar-refractivity contribution is 8.13. The molecule has 0 aliphatic rings. The Morgan fingerprint density at radius 2 is 1.64 bits per heavy atom. The Kier molecular flexibility index (Phi) is 2.99. The van der Waals surface area contributed by atoms with Crippen molar-refractivity contribution in [2.75, 3.05) is 6.26 Å². The number of hydrogen-bond acceptors (Lipinski definition) is 2. The summed E-state index contributed by atoms with van der Waals surface area (Å²) in [5.74, 6) is 0. The van der Waals surface area contributed by atoms with E-state index in [0.717, 1.165) is 13.8 Å². The third-order valence-corrected chi connectivity index (χ3v) is 2.29. The van der Waals surface area contributed by atoms with E-state index < -0.39 is 16.7 Å². The molecule has 0 saturated heterocycles. The Bertz CT molecular complexity index is 162. The lowest BCUT2D eigenvalue weighted by molar-refractivity contribution is -0.205. The van der Waals surface area contributed by atoms with Crippen LogP contribution in [-0.4, -0.2) is 17.5 Å². The summed E-state index contributed by atoms with van der Waals surface area (Å²) in [6.45, 7) is 1.76. The van der Waals surface area contributed by atoms with Crippen molar-refractivity contribution in [3.63, 3.8) is 0 Å². The molecule has 11 heavy (non-hydrogen) atoms. The first-order valence-corrected chi connectivity index (χ1v) is 4.11. The zero-order valence-electron chi connectivity index (χ0n) is 6.45. The average molecular weight is 186 g/mol. The van der Waals surface area contributed by atoms with Gasteiger partial charge in [-0.3, -0.25) is 4.79 Å². The molecule has 0 rings (SSSR count). The summed E-state index contributed by atoms with van der Waals surface area (Å²) in [6.07, 6.45) is -3.11. The standard InChI is InChI=1S/C6H9F3OS/c1-5(2,4(10)11-3)6(7,8)9/h1-3H3. The van der Waals surface area contributed by atoms with Gasteiger partial charge in [-0.2, -0.15) is 13.2 Å². The van der Waals surface area contributed by atoms with E-state index in [0.29, 0.717) is 11.8 Å².